The second-order valence-corrected chi connectivity index (χ2v) is 6.95. The Morgan fingerprint density at radius 1 is 1.30 bits per heavy atom. The zero-order valence-corrected chi connectivity index (χ0v) is 14.2. The number of amides is 1. The van der Waals surface area contributed by atoms with Crippen molar-refractivity contribution in [1.29, 1.82) is 0 Å². The Bertz CT molecular complexity index is 822. The summed E-state index contributed by atoms with van der Waals surface area (Å²) in [6.07, 6.45) is 4.12. The zero-order chi connectivity index (χ0) is 16.1. The molecule has 2 aromatic rings. The lowest BCUT2D eigenvalue weighted by atomic mass is 10.2. The van der Waals surface area contributed by atoms with Gasteiger partial charge in [0.15, 0.2) is 0 Å². The minimum atomic E-state index is -0.451. The maximum Gasteiger partial charge on any atom is 0.374 e. The van der Waals surface area contributed by atoms with E-state index >= 15 is 0 Å². The number of halogens is 1. The highest BCUT2D eigenvalue weighted by atomic mass is 79.9. The van der Waals surface area contributed by atoms with E-state index in [0.717, 1.165) is 31.2 Å². The summed E-state index contributed by atoms with van der Waals surface area (Å²) >= 11 is 3.48. The maximum atomic E-state index is 12.3. The highest BCUT2D eigenvalue weighted by Crippen LogP contribution is 2.40. The number of ether oxygens (including phenoxy) is 1. The van der Waals surface area contributed by atoms with Gasteiger partial charge in [-0.15, -0.1) is 0 Å². The summed E-state index contributed by atoms with van der Waals surface area (Å²) in [6.45, 7) is 0. The SMILES string of the molecule is COC(=O)c1nc2cc(C(=O)NC3CC3)c(Br)cc2n1C1CC1. The standard InChI is InChI=1S/C16H16BrN3O3/c1-23-16(22)14-19-12-6-10(15(21)18-8-2-3-8)11(17)7-13(12)20(14)9-4-5-9/h6-9H,2-5H2,1H3,(H,18,21). The monoisotopic (exact) mass is 377 g/mol. The van der Waals surface area contributed by atoms with E-state index in [9.17, 15) is 9.59 Å². The molecule has 1 N–H and O–H groups in total. The van der Waals surface area contributed by atoms with Crippen molar-refractivity contribution in [3.05, 3.63) is 28.0 Å². The van der Waals surface area contributed by atoms with Gasteiger partial charge in [0.2, 0.25) is 5.82 Å². The van der Waals surface area contributed by atoms with E-state index in [0.29, 0.717) is 27.4 Å². The van der Waals surface area contributed by atoms with Gasteiger partial charge in [0.25, 0.3) is 5.91 Å². The number of nitrogens with zero attached hydrogens (tertiary/aromatic N) is 2. The number of esters is 1. The number of carbonyl (C=O) groups excluding carboxylic acids is 2. The Hall–Kier alpha value is -1.89. The third kappa shape index (κ3) is 2.63. The quantitative estimate of drug-likeness (QED) is 0.831. The lowest BCUT2D eigenvalue weighted by Gasteiger charge is -2.08. The van der Waals surface area contributed by atoms with Gasteiger partial charge in [-0.05, 0) is 53.7 Å². The van der Waals surface area contributed by atoms with Crippen LogP contribution in [0.1, 0.15) is 52.7 Å². The van der Waals surface area contributed by atoms with Crippen LogP contribution < -0.4 is 5.32 Å². The van der Waals surface area contributed by atoms with Crippen LogP contribution in [0.15, 0.2) is 16.6 Å². The highest BCUT2D eigenvalue weighted by molar-refractivity contribution is 9.10. The molecule has 2 aliphatic carbocycles. The predicted molar refractivity (Wildman–Crippen MR) is 87.5 cm³/mol. The molecule has 1 aromatic heterocycles. The van der Waals surface area contributed by atoms with Crippen molar-refractivity contribution in [3.63, 3.8) is 0 Å². The van der Waals surface area contributed by atoms with Crippen molar-refractivity contribution in [2.75, 3.05) is 7.11 Å². The average molecular weight is 378 g/mol. The smallest absolute Gasteiger partial charge is 0.374 e. The molecule has 0 spiro atoms. The molecule has 23 heavy (non-hydrogen) atoms. The van der Waals surface area contributed by atoms with E-state index in [4.69, 9.17) is 4.74 Å². The van der Waals surface area contributed by atoms with E-state index in [1.807, 2.05) is 10.6 Å². The van der Waals surface area contributed by atoms with Gasteiger partial charge in [-0.2, -0.15) is 0 Å². The summed E-state index contributed by atoms with van der Waals surface area (Å²) in [6, 6.07) is 4.18. The van der Waals surface area contributed by atoms with Gasteiger partial charge in [-0.1, -0.05) is 0 Å². The maximum absolute atomic E-state index is 12.3. The number of aromatic nitrogens is 2. The zero-order valence-electron chi connectivity index (χ0n) is 12.6. The first kappa shape index (κ1) is 14.7. The third-order valence-electron chi connectivity index (χ3n) is 4.22. The first-order valence-electron chi connectivity index (χ1n) is 7.69. The van der Waals surface area contributed by atoms with Gasteiger partial charge in [0, 0.05) is 16.6 Å². The van der Waals surface area contributed by atoms with Crippen LogP contribution in [-0.4, -0.2) is 34.6 Å². The molecule has 1 aromatic carbocycles. The Labute approximate surface area is 141 Å². The Morgan fingerprint density at radius 2 is 2.04 bits per heavy atom. The molecule has 2 aliphatic rings. The Balaban J connectivity index is 1.82. The molecule has 0 aliphatic heterocycles. The van der Waals surface area contributed by atoms with Gasteiger partial charge in [-0.25, -0.2) is 9.78 Å². The molecular formula is C16H16BrN3O3. The summed E-state index contributed by atoms with van der Waals surface area (Å²) < 4.78 is 7.47. The van der Waals surface area contributed by atoms with Crippen molar-refractivity contribution >= 4 is 38.8 Å². The normalized spacial score (nSPS) is 17.3. The number of imidazole rings is 1. The lowest BCUT2D eigenvalue weighted by Crippen LogP contribution is -2.25. The fourth-order valence-corrected chi connectivity index (χ4v) is 3.23. The number of rotatable bonds is 4. The molecule has 0 atom stereocenters. The van der Waals surface area contributed by atoms with Crippen molar-refractivity contribution in [2.24, 2.45) is 0 Å². The molecule has 4 rings (SSSR count). The van der Waals surface area contributed by atoms with Crippen molar-refractivity contribution in [3.8, 4) is 0 Å². The van der Waals surface area contributed by atoms with Crippen LogP contribution in [0.4, 0.5) is 0 Å². The van der Waals surface area contributed by atoms with Gasteiger partial charge in [-0.3, -0.25) is 4.79 Å². The summed E-state index contributed by atoms with van der Waals surface area (Å²) in [7, 11) is 1.35. The molecular weight excluding hydrogens is 362 g/mol. The molecule has 0 bridgehead atoms. The molecule has 0 unspecified atom stereocenters. The molecule has 1 heterocycles. The highest BCUT2D eigenvalue weighted by Gasteiger charge is 2.32. The van der Waals surface area contributed by atoms with E-state index in [1.165, 1.54) is 7.11 Å². The molecule has 120 valence electrons. The number of carbonyl (C=O) groups is 2. The minimum Gasteiger partial charge on any atom is -0.463 e. The van der Waals surface area contributed by atoms with Crippen LogP contribution in [0.3, 0.4) is 0 Å². The van der Waals surface area contributed by atoms with Crippen LogP contribution in [0.5, 0.6) is 0 Å². The fraction of sp³-hybridized carbons (Fsp3) is 0.438. The summed E-state index contributed by atoms with van der Waals surface area (Å²) in [5.41, 5.74) is 2.03. The first-order chi connectivity index (χ1) is 11.1. The number of nitrogens with one attached hydrogen (secondary N) is 1. The molecule has 0 radical (unpaired) electrons. The average Bonchev–Trinajstić information content (AvgIpc) is 3.45. The second kappa shape index (κ2) is 5.33. The van der Waals surface area contributed by atoms with Crippen LogP contribution in [0.2, 0.25) is 0 Å². The van der Waals surface area contributed by atoms with E-state index in [-0.39, 0.29) is 11.9 Å². The summed E-state index contributed by atoms with van der Waals surface area (Å²) in [4.78, 5) is 28.7. The number of fused-ring (bicyclic) bond motifs is 1. The lowest BCUT2D eigenvalue weighted by molar-refractivity contribution is 0.0581. The molecule has 2 fully saturated rings. The second-order valence-electron chi connectivity index (χ2n) is 6.10. The molecule has 0 saturated heterocycles. The molecule has 1 amide bonds. The molecule has 7 heteroatoms. The topological polar surface area (TPSA) is 73.2 Å². The van der Waals surface area contributed by atoms with Crippen LogP contribution in [0, 0.1) is 0 Å². The Kier molecular flexibility index (Phi) is 3.41. The predicted octanol–water partition coefficient (Wildman–Crippen LogP) is 2.81. The fourth-order valence-electron chi connectivity index (χ4n) is 2.72. The number of methoxy groups -OCH3 is 1. The van der Waals surface area contributed by atoms with Crippen LogP contribution in [0.25, 0.3) is 11.0 Å². The first-order valence-corrected chi connectivity index (χ1v) is 8.48. The Morgan fingerprint density at radius 3 is 2.65 bits per heavy atom. The van der Waals surface area contributed by atoms with Crippen molar-refractivity contribution in [2.45, 2.75) is 37.8 Å². The van der Waals surface area contributed by atoms with Crippen molar-refractivity contribution in [1.82, 2.24) is 14.9 Å². The molecule has 6 nitrogen and oxygen atoms in total. The summed E-state index contributed by atoms with van der Waals surface area (Å²) in [5.74, 6) is -0.258. The van der Waals surface area contributed by atoms with Gasteiger partial charge >= 0.3 is 5.97 Å². The largest absolute Gasteiger partial charge is 0.463 e. The third-order valence-corrected chi connectivity index (χ3v) is 4.87. The summed E-state index contributed by atoms with van der Waals surface area (Å²) in [5, 5.41) is 2.97. The number of benzene rings is 1. The van der Waals surface area contributed by atoms with E-state index < -0.39 is 5.97 Å². The minimum absolute atomic E-state index is 0.109. The van der Waals surface area contributed by atoms with E-state index in [1.54, 1.807) is 6.07 Å². The van der Waals surface area contributed by atoms with Gasteiger partial charge < -0.3 is 14.6 Å². The molecule has 2 saturated carbocycles. The number of hydrogen-bond acceptors (Lipinski definition) is 4. The van der Waals surface area contributed by atoms with E-state index in [2.05, 4.69) is 26.2 Å². The van der Waals surface area contributed by atoms with Crippen LogP contribution in [-0.2, 0) is 4.74 Å². The van der Waals surface area contributed by atoms with Gasteiger partial charge in [0.05, 0.1) is 23.7 Å². The van der Waals surface area contributed by atoms with Crippen molar-refractivity contribution < 1.29 is 14.3 Å². The van der Waals surface area contributed by atoms with Gasteiger partial charge in [0.1, 0.15) is 0 Å². The number of hydrogen-bond donors (Lipinski definition) is 1. The van der Waals surface area contributed by atoms with Crippen LogP contribution >= 0.6 is 15.9 Å².